The van der Waals surface area contributed by atoms with Gasteiger partial charge in [-0.15, -0.1) is 0 Å². The molecule has 0 N–H and O–H groups in total. The first-order valence-electron chi connectivity index (χ1n) is 8.74. The monoisotopic (exact) mass is 418 g/mol. The standard InChI is InChI=1S/C21H20ClFN2O4/c1-12-18(20(24-29-12)19-15(22)6-5-7-16(19)23)21(26)25(2)11-13-8-9-14(27-3)10-17(13)28-4/h5-10H,11H2,1-4H3. The maximum atomic E-state index is 14.4. The molecule has 0 bridgehead atoms. The number of carbonyl (C=O) groups excluding carboxylic acids is 1. The van der Waals surface area contributed by atoms with Gasteiger partial charge in [-0.3, -0.25) is 4.79 Å². The topological polar surface area (TPSA) is 64.8 Å². The number of rotatable bonds is 6. The van der Waals surface area contributed by atoms with E-state index in [2.05, 4.69) is 5.16 Å². The molecule has 0 saturated heterocycles. The van der Waals surface area contributed by atoms with Crippen molar-refractivity contribution in [3.63, 3.8) is 0 Å². The second kappa shape index (κ2) is 8.53. The predicted octanol–water partition coefficient (Wildman–Crippen LogP) is 4.73. The summed E-state index contributed by atoms with van der Waals surface area (Å²) in [4.78, 5) is 14.6. The van der Waals surface area contributed by atoms with Crippen LogP contribution in [0.4, 0.5) is 4.39 Å². The van der Waals surface area contributed by atoms with E-state index in [1.165, 1.54) is 23.1 Å². The second-order valence-corrected chi connectivity index (χ2v) is 6.81. The highest BCUT2D eigenvalue weighted by atomic mass is 35.5. The summed E-state index contributed by atoms with van der Waals surface area (Å²) < 4.78 is 30.2. The Hall–Kier alpha value is -3.06. The molecule has 8 heteroatoms. The fraction of sp³-hybridized carbons (Fsp3) is 0.238. The lowest BCUT2D eigenvalue weighted by molar-refractivity contribution is 0.0783. The minimum Gasteiger partial charge on any atom is -0.497 e. The van der Waals surface area contributed by atoms with Crippen LogP contribution in [0.1, 0.15) is 21.7 Å². The third-order valence-electron chi connectivity index (χ3n) is 4.52. The summed E-state index contributed by atoms with van der Waals surface area (Å²) >= 11 is 6.15. The number of amides is 1. The number of carbonyl (C=O) groups is 1. The van der Waals surface area contributed by atoms with Crippen molar-refractivity contribution in [1.29, 1.82) is 0 Å². The molecule has 29 heavy (non-hydrogen) atoms. The first-order chi connectivity index (χ1) is 13.9. The lowest BCUT2D eigenvalue weighted by Gasteiger charge is -2.19. The Morgan fingerprint density at radius 2 is 2.00 bits per heavy atom. The van der Waals surface area contributed by atoms with Crippen LogP contribution in [0.2, 0.25) is 5.02 Å². The van der Waals surface area contributed by atoms with Gasteiger partial charge in [0.05, 0.1) is 24.8 Å². The van der Waals surface area contributed by atoms with E-state index in [1.54, 1.807) is 40.3 Å². The number of hydrogen-bond donors (Lipinski definition) is 0. The molecule has 0 aliphatic heterocycles. The summed E-state index contributed by atoms with van der Waals surface area (Å²) in [7, 11) is 4.74. The normalized spacial score (nSPS) is 10.7. The molecule has 0 atom stereocenters. The SMILES string of the molecule is COc1ccc(CN(C)C(=O)c2c(-c3c(F)cccc3Cl)noc2C)c(OC)c1. The fourth-order valence-electron chi connectivity index (χ4n) is 3.02. The quantitative estimate of drug-likeness (QED) is 0.579. The molecule has 0 fully saturated rings. The minimum absolute atomic E-state index is 0.0322. The van der Waals surface area contributed by atoms with Crippen molar-refractivity contribution in [3.05, 3.63) is 64.1 Å². The van der Waals surface area contributed by atoms with Gasteiger partial charge < -0.3 is 18.9 Å². The number of benzene rings is 2. The van der Waals surface area contributed by atoms with E-state index < -0.39 is 5.82 Å². The lowest BCUT2D eigenvalue weighted by atomic mass is 10.0. The smallest absolute Gasteiger partial charge is 0.259 e. The van der Waals surface area contributed by atoms with Crippen molar-refractivity contribution in [1.82, 2.24) is 10.1 Å². The van der Waals surface area contributed by atoms with Crippen molar-refractivity contribution in [2.24, 2.45) is 0 Å². The highest BCUT2D eigenvalue weighted by Crippen LogP contribution is 2.34. The number of hydrogen-bond acceptors (Lipinski definition) is 5. The van der Waals surface area contributed by atoms with Crippen molar-refractivity contribution >= 4 is 17.5 Å². The Balaban J connectivity index is 1.95. The molecule has 0 unspecified atom stereocenters. The van der Waals surface area contributed by atoms with Crippen LogP contribution in [0.5, 0.6) is 11.5 Å². The Bertz CT molecular complexity index is 1030. The Morgan fingerprint density at radius 1 is 1.24 bits per heavy atom. The number of halogens is 2. The van der Waals surface area contributed by atoms with Crippen LogP contribution in [0.25, 0.3) is 11.3 Å². The van der Waals surface area contributed by atoms with E-state index >= 15 is 0 Å². The molecule has 1 aromatic heterocycles. The van der Waals surface area contributed by atoms with Crippen molar-refractivity contribution in [2.75, 3.05) is 21.3 Å². The molecule has 0 aliphatic carbocycles. The molecule has 0 saturated carbocycles. The minimum atomic E-state index is -0.584. The average molecular weight is 419 g/mol. The van der Waals surface area contributed by atoms with E-state index in [4.69, 9.17) is 25.6 Å². The number of aryl methyl sites for hydroxylation is 1. The highest BCUT2D eigenvalue weighted by molar-refractivity contribution is 6.33. The van der Waals surface area contributed by atoms with Crippen molar-refractivity contribution in [2.45, 2.75) is 13.5 Å². The highest BCUT2D eigenvalue weighted by Gasteiger charge is 2.27. The molecule has 6 nitrogen and oxygen atoms in total. The van der Waals surface area contributed by atoms with Crippen LogP contribution in [-0.4, -0.2) is 37.2 Å². The molecular formula is C21H20ClFN2O4. The molecule has 1 amide bonds. The van der Waals surface area contributed by atoms with Crippen molar-refractivity contribution < 1.29 is 23.2 Å². The maximum absolute atomic E-state index is 14.4. The van der Waals surface area contributed by atoms with Gasteiger partial charge in [0.2, 0.25) is 0 Å². The molecule has 2 aromatic carbocycles. The zero-order valence-electron chi connectivity index (χ0n) is 16.5. The third-order valence-corrected chi connectivity index (χ3v) is 4.84. The first-order valence-corrected chi connectivity index (χ1v) is 9.12. The summed E-state index contributed by atoms with van der Waals surface area (Å²) in [5.41, 5.74) is 1.05. The van der Waals surface area contributed by atoms with Gasteiger partial charge in [0, 0.05) is 25.2 Å². The maximum Gasteiger partial charge on any atom is 0.259 e. The number of aromatic nitrogens is 1. The van der Waals surface area contributed by atoms with Gasteiger partial charge in [-0.1, -0.05) is 22.8 Å². The van der Waals surface area contributed by atoms with E-state index in [9.17, 15) is 9.18 Å². The van der Waals surface area contributed by atoms with Crippen LogP contribution in [0.3, 0.4) is 0 Å². The van der Waals surface area contributed by atoms with Crippen LogP contribution in [0, 0.1) is 12.7 Å². The van der Waals surface area contributed by atoms with Crippen LogP contribution >= 0.6 is 11.6 Å². The Morgan fingerprint density at radius 3 is 2.66 bits per heavy atom. The van der Waals surface area contributed by atoms with Gasteiger partial charge in [-0.25, -0.2) is 4.39 Å². The van der Waals surface area contributed by atoms with Gasteiger partial charge in [-0.05, 0) is 31.2 Å². The van der Waals surface area contributed by atoms with E-state index in [0.717, 1.165) is 5.56 Å². The molecule has 3 rings (SSSR count). The Kier molecular flexibility index (Phi) is 6.08. The summed E-state index contributed by atoms with van der Waals surface area (Å²) in [5, 5.41) is 4.03. The molecule has 0 radical (unpaired) electrons. The van der Waals surface area contributed by atoms with Gasteiger partial charge >= 0.3 is 0 Å². The lowest BCUT2D eigenvalue weighted by Crippen LogP contribution is -2.27. The first kappa shape index (κ1) is 20.7. The van der Waals surface area contributed by atoms with E-state index in [0.29, 0.717) is 11.5 Å². The third kappa shape index (κ3) is 4.05. The average Bonchev–Trinajstić information content (AvgIpc) is 3.08. The molecule has 0 aliphatic rings. The second-order valence-electron chi connectivity index (χ2n) is 6.40. The van der Waals surface area contributed by atoms with E-state index in [1.807, 2.05) is 6.07 Å². The summed E-state index contributed by atoms with van der Waals surface area (Å²) in [5.74, 6) is 0.544. The molecule has 3 aromatic rings. The summed E-state index contributed by atoms with van der Waals surface area (Å²) in [6.07, 6.45) is 0. The number of ether oxygens (including phenoxy) is 2. The largest absolute Gasteiger partial charge is 0.497 e. The molecule has 0 spiro atoms. The summed E-state index contributed by atoms with van der Waals surface area (Å²) in [6, 6.07) is 9.61. The van der Waals surface area contributed by atoms with Crippen LogP contribution in [-0.2, 0) is 6.54 Å². The number of nitrogens with zero attached hydrogens (tertiary/aromatic N) is 2. The zero-order valence-corrected chi connectivity index (χ0v) is 17.2. The van der Waals surface area contributed by atoms with Gasteiger partial charge in [0.1, 0.15) is 34.3 Å². The van der Waals surface area contributed by atoms with Gasteiger partial charge in [0.25, 0.3) is 5.91 Å². The molecule has 152 valence electrons. The van der Waals surface area contributed by atoms with Crippen LogP contribution in [0.15, 0.2) is 40.9 Å². The van der Waals surface area contributed by atoms with E-state index in [-0.39, 0.29) is 40.1 Å². The zero-order chi connectivity index (χ0) is 21.1. The predicted molar refractivity (Wildman–Crippen MR) is 107 cm³/mol. The Labute approximate surface area is 172 Å². The van der Waals surface area contributed by atoms with Crippen molar-refractivity contribution in [3.8, 4) is 22.8 Å². The number of methoxy groups -OCH3 is 2. The van der Waals surface area contributed by atoms with Crippen LogP contribution < -0.4 is 9.47 Å². The molecule has 1 heterocycles. The molecular weight excluding hydrogens is 399 g/mol. The van der Waals surface area contributed by atoms with Gasteiger partial charge in [0.15, 0.2) is 0 Å². The summed E-state index contributed by atoms with van der Waals surface area (Å²) in [6.45, 7) is 1.85. The fourth-order valence-corrected chi connectivity index (χ4v) is 3.27. The van der Waals surface area contributed by atoms with Gasteiger partial charge in [-0.2, -0.15) is 0 Å².